The normalized spacial score (nSPS) is 13.6. The molecule has 0 spiro atoms. The number of hydrogen-bond acceptors (Lipinski definition) is 2. The molecule has 2 nitrogen and oxygen atoms in total. The first-order valence-corrected chi connectivity index (χ1v) is 6.47. The summed E-state index contributed by atoms with van der Waals surface area (Å²) in [5.74, 6) is -1.05. The van der Waals surface area contributed by atoms with Crippen LogP contribution in [0.5, 0.6) is 0 Å². The van der Waals surface area contributed by atoms with Gasteiger partial charge in [0.15, 0.2) is 4.87 Å². The van der Waals surface area contributed by atoms with Gasteiger partial charge in [0.1, 0.15) is 5.82 Å². The fraction of sp³-hybridized carbons (Fsp3) is 0.188. The molecule has 1 atom stereocenters. The Balaban J connectivity index is 2.43. The summed E-state index contributed by atoms with van der Waals surface area (Å²) in [6, 6.07) is 13.7. The second-order valence-corrected chi connectivity index (χ2v) is 5.31. The molecule has 0 saturated heterocycles. The molecule has 0 aromatic heterocycles. The number of halogens is 2. The second-order valence-electron chi connectivity index (χ2n) is 4.56. The zero-order chi connectivity index (χ0) is 14.8. The average molecular weight is 293 g/mol. The Labute approximate surface area is 122 Å². The van der Waals surface area contributed by atoms with Gasteiger partial charge in [0.2, 0.25) is 0 Å². The fourth-order valence-corrected chi connectivity index (χ4v) is 2.16. The van der Waals surface area contributed by atoms with Crippen LogP contribution in [-0.2, 0) is 14.4 Å². The van der Waals surface area contributed by atoms with Crippen molar-refractivity contribution in [2.24, 2.45) is 0 Å². The third-order valence-electron chi connectivity index (χ3n) is 3.16. The van der Waals surface area contributed by atoms with Gasteiger partial charge in [-0.25, -0.2) is 9.18 Å². The van der Waals surface area contributed by atoms with E-state index in [-0.39, 0.29) is 0 Å². The SMILES string of the molecule is COC(=O)C(C)(Cl)c1ccc(-c2ccccc2)c(F)c1. The summed E-state index contributed by atoms with van der Waals surface area (Å²) in [7, 11) is 1.25. The van der Waals surface area contributed by atoms with E-state index in [1.807, 2.05) is 30.3 Å². The molecule has 0 heterocycles. The highest BCUT2D eigenvalue weighted by Gasteiger charge is 2.34. The number of hydrogen-bond donors (Lipinski definition) is 0. The van der Waals surface area contributed by atoms with Crippen LogP contribution in [0.15, 0.2) is 48.5 Å². The molecule has 1 unspecified atom stereocenters. The monoisotopic (exact) mass is 292 g/mol. The van der Waals surface area contributed by atoms with Crippen molar-refractivity contribution in [3.63, 3.8) is 0 Å². The van der Waals surface area contributed by atoms with Gasteiger partial charge in [-0.15, -0.1) is 11.6 Å². The predicted octanol–water partition coefficient (Wildman–Crippen LogP) is 4.12. The van der Waals surface area contributed by atoms with Crippen LogP contribution in [0.4, 0.5) is 4.39 Å². The Morgan fingerprint density at radius 3 is 2.40 bits per heavy atom. The minimum Gasteiger partial charge on any atom is -0.467 e. The van der Waals surface area contributed by atoms with E-state index in [2.05, 4.69) is 4.74 Å². The third kappa shape index (κ3) is 2.68. The van der Waals surface area contributed by atoms with E-state index in [1.165, 1.54) is 20.1 Å². The number of carbonyl (C=O) groups is 1. The number of rotatable bonds is 3. The van der Waals surface area contributed by atoms with Gasteiger partial charge in [-0.1, -0.05) is 42.5 Å². The van der Waals surface area contributed by atoms with E-state index in [9.17, 15) is 9.18 Å². The van der Waals surface area contributed by atoms with Gasteiger partial charge < -0.3 is 4.74 Å². The summed E-state index contributed by atoms with van der Waals surface area (Å²) in [5.41, 5.74) is 1.60. The van der Waals surface area contributed by atoms with Crippen molar-refractivity contribution in [2.45, 2.75) is 11.8 Å². The van der Waals surface area contributed by atoms with Crippen LogP contribution in [0.25, 0.3) is 11.1 Å². The lowest BCUT2D eigenvalue weighted by Gasteiger charge is -2.20. The molecular weight excluding hydrogens is 279 g/mol. The Kier molecular flexibility index (Phi) is 4.09. The summed E-state index contributed by atoms with van der Waals surface area (Å²) in [4.78, 5) is 10.2. The highest BCUT2D eigenvalue weighted by Crippen LogP contribution is 2.33. The lowest BCUT2D eigenvalue weighted by atomic mass is 9.96. The second kappa shape index (κ2) is 5.63. The maximum atomic E-state index is 14.2. The fourth-order valence-electron chi connectivity index (χ4n) is 1.97. The molecule has 104 valence electrons. The zero-order valence-corrected chi connectivity index (χ0v) is 11.9. The van der Waals surface area contributed by atoms with Gasteiger partial charge in [-0.05, 0) is 24.1 Å². The number of alkyl halides is 1. The van der Waals surface area contributed by atoms with Crippen LogP contribution in [-0.4, -0.2) is 13.1 Å². The molecule has 0 radical (unpaired) electrons. The van der Waals surface area contributed by atoms with E-state index >= 15 is 0 Å². The number of ether oxygens (including phenoxy) is 1. The first-order valence-electron chi connectivity index (χ1n) is 6.09. The smallest absolute Gasteiger partial charge is 0.331 e. The van der Waals surface area contributed by atoms with Crippen LogP contribution < -0.4 is 0 Å². The quantitative estimate of drug-likeness (QED) is 0.628. The van der Waals surface area contributed by atoms with Gasteiger partial charge in [-0.3, -0.25) is 0 Å². The van der Waals surface area contributed by atoms with E-state index in [4.69, 9.17) is 11.6 Å². The molecule has 0 bridgehead atoms. The first kappa shape index (κ1) is 14.5. The van der Waals surface area contributed by atoms with E-state index < -0.39 is 16.7 Å². The molecule has 0 aliphatic heterocycles. The predicted molar refractivity (Wildman–Crippen MR) is 77.1 cm³/mol. The zero-order valence-electron chi connectivity index (χ0n) is 11.2. The number of benzene rings is 2. The maximum Gasteiger partial charge on any atom is 0.331 e. The first-order chi connectivity index (χ1) is 9.46. The van der Waals surface area contributed by atoms with Crippen molar-refractivity contribution in [1.29, 1.82) is 0 Å². The highest BCUT2D eigenvalue weighted by atomic mass is 35.5. The molecular formula is C16H14ClFO2. The third-order valence-corrected chi connectivity index (χ3v) is 3.54. The summed E-state index contributed by atoms with van der Waals surface area (Å²) in [6.07, 6.45) is 0. The van der Waals surface area contributed by atoms with Crippen LogP contribution >= 0.6 is 11.6 Å². The van der Waals surface area contributed by atoms with Gasteiger partial charge in [0.25, 0.3) is 0 Å². The lowest BCUT2D eigenvalue weighted by Crippen LogP contribution is -2.27. The lowest BCUT2D eigenvalue weighted by molar-refractivity contribution is -0.143. The number of esters is 1. The summed E-state index contributed by atoms with van der Waals surface area (Å²) in [6.45, 7) is 1.48. The van der Waals surface area contributed by atoms with Gasteiger partial charge in [0, 0.05) is 5.56 Å². The van der Waals surface area contributed by atoms with Crippen molar-refractivity contribution < 1.29 is 13.9 Å². The van der Waals surface area contributed by atoms with E-state index in [0.717, 1.165) is 5.56 Å². The standard InChI is InChI=1S/C16H14ClFO2/c1-16(17,15(19)20-2)12-8-9-13(14(18)10-12)11-6-4-3-5-7-11/h3-10H,1-2H3. The van der Waals surface area contributed by atoms with Crippen LogP contribution in [0.1, 0.15) is 12.5 Å². The molecule has 2 aromatic carbocycles. The summed E-state index contributed by atoms with van der Waals surface area (Å²) >= 11 is 6.14. The molecule has 0 amide bonds. The highest BCUT2D eigenvalue weighted by molar-refractivity contribution is 6.33. The topological polar surface area (TPSA) is 26.3 Å². The molecule has 4 heteroatoms. The molecule has 0 aliphatic rings. The van der Waals surface area contributed by atoms with Crippen molar-refractivity contribution in [1.82, 2.24) is 0 Å². The summed E-state index contributed by atoms with van der Waals surface area (Å²) in [5, 5.41) is 0. The van der Waals surface area contributed by atoms with Crippen LogP contribution in [0.2, 0.25) is 0 Å². The van der Waals surface area contributed by atoms with Crippen molar-refractivity contribution in [3.8, 4) is 11.1 Å². The number of carbonyl (C=O) groups excluding carboxylic acids is 1. The Bertz CT molecular complexity index is 624. The molecule has 0 aliphatic carbocycles. The van der Waals surface area contributed by atoms with Crippen molar-refractivity contribution >= 4 is 17.6 Å². The summed E-state index contributed by atoms with van der Waals surface area (Å²) < 4.78 is 18.9. The van der Waals surface area contributed by atoms with Crippen molar-refractivity contribution in [2.75, 3.05) is 7.11 Å². The molecule has 0 N–H and O–H groups in total. The molecule has 20 heavy (non-hydrogen) atoms. The molecule has 2 aromatic rings. The van der Waals surface area contributed by atoms with E-state index in [1.54, 1.807) is 12.1 Å². The minimum absolute atomic E-state index is 0.364. The number of methoxy groups -OCH3 is 1. The van der Waals surface area contributed by atoms with Crippen molar-refractivity contribution in [3.05, 3.63) is 59.9 Å². The Morgan fingerprint density at radius 2 is 1.85 bits per heavy atom. The Morgan fingerprint density at radius 1 is 1.20 bits per heavy atom. The minimum atomic E-state index is -1.40. The van der Waals surface area contributed by atoms with Gasteiger partial charge in [0.05, 0.1) is 7.11 Å². The van der Waals surface area contributed by atoms with Gasteiger partial charge >= 0.3 is 5.97 Å². The Hall–Kier alpha value is -1.87. The maximum absolute atomic E-state index is 14.2. The van der Waals surface area contributed by atoms with Gasteiger partial charge in [-0.2, -0.15) is 0 Å². The van der Waals surface area contributed by atoms with Crippen LogP contribution in [0.3, 0.4) is 0 Å². The molecule has 0 saturated carbocycles. The molecule has 0 fully saturated rings. The largest absolute Gasteiger partial charge is 0.467 e. The van der Waals surface area contributed by atoms with E-state index in [0.29, 0.717) is 11.1 Å². The van der Waals surface area contributed by atoms with Crippen LogP contribution in [0, 0.1) is 5.82 Å². The average Bonchev–Trinajstić information content (AvgIpc) is 2.47. The molecule has 2 rings (SSSR count).